The third-order valence-corrected chi connectivity index (χ3v) is 8.58. The second-order valence-electron chi connectivity index (χ2n) is 12.1. The van der Waals surface area contributed by atoms with Crippen LogP contribution in [0.25, 0.3) is 5.70 Å². The molecule has 3 unspecified atom stereocenters. The van der Waals surface area contributed by atoms with Crippen LogP contribution < -0.4 is 0 Å². The summed E-state index contributed by atoms with van der Waals surface area (Å²) in [4.78, 5) is 16.6. The van der Waals surface area contributed by atoms with E-state index in [4.69, 9.17) is 4.99 Å². The number of hydrogen-bond acceptors (Lipinski definition) is 4. The summed E-state index contributed by atoms with van der Waals surface area (Å²) in [6, 6.07) is 0. The van der Waals surface area contributed by atoms with Crippen LogP contribution in [-0.4, -0.2) is 26.8 Å². The van der Waals surface area contributed by atoms with E-state index in [2.05, 4.69) is 63.4 Å². The molecule has 2 heterocycles. The number of carbonyl (C=O) groups excluding carboxylic acids is 1. The monoisotopic (exact) mass is 953 g/mol. The Morgan fingerprint density at radius 1 is 1.09 bits per heavy atom. The molecule has 247 valence electrons. The number of rotatable bonds is 11. The molecule has 0 bridgehead atoms. The van der Waals surface area contributed by atoms with Crippen molar-refractivity contribution in [3.05, 3.63) is 105 Å². The van der Waals surface area contributed by atoms with E-state index in [1.165, 1.54) is 38.5 Å². The van der Waals surface area contributed by atoms with Gasteiger partial charge in [0.05, 0.1) is 11.4 Å². The largest absolute Gasteiger partial charge is 0.542 e. The Morgan fingerprint density at radius 3 is 2.20 bits per heavy atom. The maximum absolute atomic E-state index is 11.3. The minimum absolute atomic E-state index is 0. The second kappa shape index (κ2) is 22.3. The molecule has 0 aromatic carbocycles. The van der Waals surface area contributed by atoms with Crippen LogP contribution in [0.5, 0.6) is 0 Å². The van der Waals surface area contributed by atoms with Gasteiger partial charge in [-0.15, -0.1) is 22.7 Å². The fourth-order valence-corrected chi connectivity index (χ4v) is 6.14. The first-order chi connectivity index (χ1) is 20.6. The van der Waals surface area contributed by atoms with E-state index < -0.39 is 5.54 Å². The smallest absolute Gasteiger partial charge is 0.169 e. The van der Waals surface area contributed by atoms with Crippen LogP contribution >= 0.6 is 0 Å². The summed E-state index contributed by atoms with van der Waals surface area (Å²) < 4.78 is 2.02. The average Bonchev–Trinajstić information content (AvgIpc) is 3.29. The van der Waals surface area contributed by atoms with Gasteiger partial charge < -0.3 is 18.6 Å². The van der Waals surface area contributed by atoms with Gasteiger partial charge in [-0.3, -0.25) is 15.8 Å². The fourth-order valence-electron chi connectivity index (χ4n) is 6.14. The van der Waals surface area contributed by atoms with Crippen LogP contribution in [-0.2, 0) is 43.0 Å². The molecule has 46 heavy (non-hydrogen) atoms. The molecule has 0 saturated heterocycles. The summed E-state index contributed by atoms with van der Waals surface area (Å²) in [5.74, 6) is 2.98. The molecule has 5 nitrogen and oxygen atoms in total. The number of aliphatic imine (C=N–C) groups is 1. The van der Waals surface area contributed by atoms with Gasteiger partial charge >= 0.3 is 0 Å². The first-order valence-corrected chi connectivity index (χ1v) is 16.0. The molecule has 7 heteroatoms. The first kappa shape index (κ1) is 44.9. The van der Waals surface area contributed by atoms with Crippen molar-refractivity contribution < 1.29 is 37.5 Å². The topological polar surface area (TPSA) is 60.1 Å². The van der Waals surface area contributed by atoms with Crippen LogP contribution in [0.4, 0.5) is 0 Å². The van der Waals surface area contributed by atoms with E-state index in [0.717, 1.165) is 40.2 Å². The summed E-state index contributed by atoms with van der Waals surface area (Å²) >= 11 is 0. The van der Waals surface area contributed by atoms with Crippen molar-refractivity contribution in [2.75, 3.05) is 0 Å². The number of aryl methyl sites for hydroxylation is 1. The summed E-state index contributed by atoms with van der Waals surface area (Å²) in [7, 11) is 0. The maximum Gasteiger partial charge on any atom is 0.169 e. The van der Waals surface area contributed by atoms with Crippen molar-refractivity contribution in [2.24, 2.45) is 28.7 Å². The fraction of sp³-hybridized carbons (Fsp3) is 0.487. The van der Waals surface area contributed by atoms with Crippen molar-refractivity contribution in [3.8, 4) is 0 Å². The van der Waals surface area contributed by atoms with E-state index in [1.807, 2.05) is 74.8 Å². The second-order valence-corrected chi connectivity index (χ2v) is 12.1. The average molecular weight is 954 g/mol. The zero-order chi connectivity index (χ0) is 32.0. The van der Waals surface area contributed by atoms with Crippen molar-refractivity contribution in [1.82, 2.24) is 14.8 Å². The molecule has 3 atom stereocenters. The van der Waals surface area contributed by atoms with Crippen molar-refractivity contribution in [2.45, 2.75) is 99.0 Å². The molecule has 0 amide bonds. The van der Waals surface area contributed by atoms with E-state index in [-0.39, 0.29) is 52.0 Å². The van der Waals surface area contributed by atoms with Gasteiger partial charge in [0.15, 0.2) is 5.82 Å². The molecule has 1 aliphatic heterocycles. The minimum Gasteiger partial charge on any atom is -0.542 e. The molecule has 1 saturated carbocycles. The zero-order valence-electron chi connectivity index (χ0n) is 30.1. The van der Waals surface area contributed by atoms with E-state index in [1.54, 1.807) is 6.08 Å². The van der Waals surface area contributed by atoms with Gasteiger partial charge in [0.1, 0.15) is 11.4 Å². The van der Waals surface area contributed by atoms with Gasteiger partial charge in [-0.05, 0) is 44.6 Å². The van der Waals surface area contributed by atoms with Crippen molar-refractivity contribution >= 4 is 17.7 Å². The Kier molecular flexibility index (Phi) is 21.8. The molecule has 1 radical (unpaired) electrons. The van der Waals surface area contributed by atoms with Crippen molar-refractivity contribution in [1.29, 1.82) is 0 Å². The third kappa shape index (κ3) is 10.9. The molecular formula is C39H57N4ORfY-3. The summed E-state index contributed by atoms with van der Waals surface area (Å²) in [5.41, 5.74) is 2.46. The van der Waals surface area contributed by atoms with Gasteiger partial charge in [-0.25, -0.2) is 0 Å². The standard InChI is InChI=1S/C27H33N4O.C11H21.CH3.Rf.Y/c1-9-14-22(15-10-2)25-23(12-4)24(16-11-3)31-21(8)29-30-26(31)27(13-5,28-25)20(7)17-19(6)18-32;1-10(2)11-8-6-4-3-5-7-9-11;;;/h9-16,19-20H,1,4-5,17H2,2-3,6-8H3;3,10-11H,4-9H2,1-2H3;1H3;;/q3*-1;;/b15-10-,16-11-,22-14+;;;;. The van der Waals surface area contributed by atoms with Gasteiger partial charge in [0.2, 0.25) is 0 Å². The van der Waals surface area contributed by atoms with E-state index in [9.17, 15) is 4.79 Å². The Labute approximate surface area is 300 Å². The van der Waals surface area contributed by atoms with Crippen LogP contribution in [0.2, 0.25) is 0 Å². The number of nitrogens with zero attached hydrogens (tertiary/aromatic N) is 4. The SMILES string of the molecule is C=C/C=C(\C=C/C)C1=NC(C=C)(C(C)CC(C)[C-]=O)c2nnc(C)n2C(/C=C\C)=C1C=C.CC(C)C1CCC[CH-]CCC1.[CH3-].[Rf].[Y]. The van der Waals surface area contributed by atoms with Gasteiger partial charge in [-0.2, -0.15) is 12.8 Å². The van der Waals surface area contributed by atoms with Gasteiger partial charge in [-0.1, -0.05) is 115 Å². The zero-order valence-corrected chi connectivity index (χ0v) is 39.3. The van der Waals surface area contributed by atoms with Crippen LogP contribution in [0.15, 0.2) is 84.5 Å². The van der Waals surface area contributed by atoms with Gasteiger partial charge in [0.25, 0.3) is 0 Å². The Morgan fingerprint density at radius 2 is 1.72 bits per heavy atom. The minimum atomic E-state index is -0.916. The molecular weight excluding hydrogens is 896 g/mol. The van der Waals surface area contributed by atoms with Crippen molar-refractivity contribution in [3.63, 3.8) is 0 Å². The molecule has 1 fully saturated rings. The number of allylic oxidation sites excluding steroid dienone is 10. The third-order valence-electron chi connectivity index (χ3n) is 8.58. The Hall–Kier alpha value is -3.24. The number of aromatic nitrogens is 3. The molecule has 1 aliphatic carbocycles. The predicted octanol–water partition coefficient (Wildman–Crippen LogP) is 10.1. The maximum atomic E-state index is 11.3. The van der Waals surface area contributed by atoms with Crippen LogP contribution in [0, 0.1) is 44.4 Å². The predicted molar refractivity (Wildman–Crippen MR) is 191 cm³/mol. The molecule has 0 N–H and O–H groups in total. The molecule has 2 aliphatic rings. The quantitative estimate of drug-likeness (QED) is 0.126. The molecule has 1 aromatic rings. The number of fused-ring (bicyclic) bond motifs is 1. The van der Waals surface area contributed by atoms with E-state index in [0.29, 0.717) is 12.2 Å². The Bertz CT molecular complexity index is 1260. The Balaban J connectivity index is 0. The van der Waals surface area contributed by atoms with Crippen LogP contribution in [0.1, 0.15) is 98.1 Å². The molecule has 0 spiro atoms. The summed E-state index contributed by atoms with van der Waals surface area (Å²) in [6.45, 7) is 26.6. The summed E-state index contributed by atoms with van der Waals surface area (Å²) in [5, 5.41) is 8.94. The van der Waals surface area contributed by atoms with Crippen LogP contribution in [0.3, 0.4) is 0 Å². The van der Waals surface area contributed by atoms with E-state index >= 15 is 0 Å². The summed E-state index contributed by atoms with van der Waals surface area (Å²) in [6.07, 6.45) is 28.9. The molecule has 3 rings (SSSR count). The normalized spacial score (nSPS) is 20.3. The number of hydrogen-bond donors (Lipinski definition) is 0. The first-order valence-electron chi connectivity index (χ1n) is 16.0. The van der Waals surface area contributed by atoms with Gasteiger partial charge in [0, 0.05) is 43.9 Å². The molecule has 1 aromatic heterocycles.